The van der Waals surface area contributed by atoms with Crippen molar-refractivity contribution in [3.63, 3.8) is 0 Å². The summed E-state index contributed by atoms with van der Waals surface area (Å²) in [6.07, 6.45) is 0. The van der Waals surface area contributed by atoms with Crippen LogP contribution in [0.5, 0.6) is 0 Å². The van der Waals surface area contributed by atoms with Gasteiger partial charge in [0.05, 0.1) is 5.75 Å². The Morgan fingerprint density at radius 2 is 2.26 bits per heavy atom. The van der Waals surface area contributed by atoms with Crippen molar-refractivity contribution in [1.82, 2.24) is 19.8 Å². The molecule has 3 aromatic rings. The fraction of sp³-hybridized carbons (Fsp3) is 0.0909. The monoisotopic (exact) mass is 291 g/mol. The first-order valence-electron chi connectivity index (χ1n) is 5.40. The highest BCUT2D eigenvalue weighted by molar-refractivity contribution is 7.99. The Balaban J connectivity index is 2.01. The van der Waals surface area contributed by atoms with Crippen LogP contribution in [0.15, 0.2) is 34.0 Å². The van der Waals surface area contributed by atoms with E-state index in [2.05, 4.69) is 15.3 Å². The van der Waals surface area contributed by atoms with Gasteiger partial charge in [0.25, 0.3) is 0 Å². The Morgan fingerprint density at radius 1 is 1.37 bits per heavy atom. The normalized spacial score (nSPS) is 10.9. The molecule has 3 heterocycles. The van der Waals surface area contributed by atoms with Gasteiger partial charge in [-0.2, -0.15) is 21.0 Å². The summed E-state index contributed by atoms with van der Waals surface area (Å²) >= 11 is 2.88. The maximum Gasteiger partial charge on any atom is 0.227 e. The molecule has 0 bridgehead atoms. The number of carbonyl (C=O) groups is 1. The molecule has 0 aliphatic carbocycles. The standard InChI is InChI=1S/C11H9N5OS2/c12-8(17)6-19-10-2-1-9-13-14-11(16(9)15-10)7-3-4-18-5-7/h1-5H,6H2,(H2,12,17). The first-order chi connectivity index (χ1) is 9.24. The highest BCUT2D eigenvalue weighted by atomic mass is 32.2. The van der Waals surface area contributed by atoms with Crippen LogP contribution in [-0.4, -0.2) is 31.5 Å². The Kier molecular flexibility index (Phi) is 3.18. The molecule has 2 N–H and O–H groups in total. The molecule has 0 unspecified atom stereocenters. The molecule has 0 fully saturated rings. The SMILES string of the molecule is NC(=O)CSc1ccc2nnc(-c3ccsc3)n2n1. The number of thioether (sulfide) groups is 1. The highest BCUT2D eigenvalue weighted by Gasteiger charge is 2.10. The summed E-state index contributed by atoms with van der Waals surface area (Å²) in [5.74, 6) is 0.528. The van der Waals surface area contributed by atoms with E-state index in [0.717, 1.165) is 5.56 Å². The average molecular weight is 291 g/mol. The number of amides is 1. The van der Waals surface area contributed by atoms with Crippen molar-refractivity contribution in [2.75, 3.05) is 5.75 Å². The van der Waals surface area contributed by atoms with E-state index in [1.165, 1.54) is 11.8 Å². The number of thiophene rings is 1. The quantitative estimate of drug-likeness (QED) is 0.735. The molecule has 19 heavy (non-hydrogen) atoms. The third-order valence-electron chi connectivity index (χ3n) is 2.38. The molecule has 0 saturated heterocycles. The molecule has 0 aliphatic rings. The molecule has 0 radical (unpaired) electrons. The molecule has 8 heteroatoms. The van der Waals surface area contributed by atoms with Gasteiger partial charge in [0.1, 0.15) is 5.03 Å². The van der Waals surface area contributed by atoms with Crippen LogP contribution >= 0.6 is 23.1 Å². The number of primary amides is 1. The first-order valence-corrected chi connectivity index (χ1v) is 7.33. The van der Waals surface area contributed by atoms with Gasteiger partial charge in [-0.25, -0.2) is 0 Å². The fourth-order valence-corrected chi connectivity index (χ4v) is 2.79. The summed E-state index contributed by atoms with van der Waals surface area (Å²) in [6.45, 7) is 0. The minimum atomic E-state index is -0.367. The van der Waals surface area contributed by atoms with Crippen molar-refractivity contribution in [1.29, 1.82) is 0 Å². The van der Waals surface area contributed by atoms with Crippen molar-refractivity contribution in [3.8, 4) is 11.4 Å². The van der Waals surface area contributed by atoms with Crippen LogP contribution in [0.3, 0.4) is 0 Å². The molecule has 3 rings (SSSR count). The lowest BCUT2D eigenvalue weighted by Crippen LogP contribution is -2.13. The van der Waals surface area contributed by atoms with E-state index in [1.807, 2.05) is 22.9 Å². The molecule has 0 saturated carbocycles. The van der Waals surface area contributed by atoms with Crippen LogP contribution in [0.2, 0.25) is 0 Å². The van der Waals surface area contributed by atoms with Crippen LogP contribution < -0.4 is 5.73 Å². The van der Waals surface area contributed by atoms with Crippen LogP contribution in [-0.2, 0) is 4.79 Å². The molecule has 1 amide bonds. The van der Waals surface area contributed by atoms with Crippen LogP contribution in [0.4, 0.5) is 0 Å². The van der Waals surface area contributed by atoms with Gasteiger partial charge < -0.3 is 5.73 Å². The number of hydrogen-bond acceptors (Lipinski definition) is 6. The van der Waals surface area contributed by atoms with E-state index in [-0.39, 0.29) is 11.7 Å². The molecule has 0 spiro atoms. The minimum absolute atomic E-state index is 0.203. The van der Waals surface area contributed by atoms with E-state index in [1.54, 1.807) is 21.9 Å². The molecule has 0 aromatic carbocycles. The largest absolute Gasteiger partial charge is 0.369 e. The topological polar surface area (TPSA) is 86.2 Å². The van der Waals surface area contributed by atoms with Crippen molar-refractivity contribution >= 4 is 34.7 Å². The lowest BCUT2D eigenvalue weighted by atomic mass is 10.3. The van der Waals surface area contributed by atoms with Crippen molar-refractivity contribution in [3.05, 3.63) is 29.0 Å². The predicted octanol–water partition coefficient (Wildman–Crippen LogP) is 1.43. The van der Waals surface area contributed by atoms with Gasteiger partial charge in [-0.15, -0.1) is 10.2 Å². The van der Waals surface area contributed by atoms with Crippen LogP contribution in [0.25, 0.3) is 17.0 Å². The summed E-state index contributed by atoms with van der Waals surface area (Å²) in [7, 11) is 0. The van der Waals surface area contributed by atoms with Crippen molar-refractivity contribution in [2.24, 2.45) is 5.73 Å². The Morgan fingerprint density at radius 3 is 3.00 bits per heavy atom. The van der Waals surface area contributed by atoms with E-state index in [4.69, 9.17) is 5.73 Å². The number of fused-ring (bicyclic) bond motifs is 1. The van der Waals surface area contributed by atoms with Gasteiger partial charge in [0, 0.05) is 10.9 Å². The second-order valence-electron chi connectivity index (χ2n) is 3.73. The van der Waals surface area contributed by atoms with Gasteiger partial charge in [-0.1, -0.05) is 11.8 Å². The number of aromatic nitrogens is 4. The van der Waals surface area contributed by atoms with E-state index < -0.39 is 0 Å². The first kappa shape index (κ1) is 12.1. The van der Waals surface area contributed by atoms with E-state index in [9.17, 15) is 4.79 Å². The molecule has 3 aromatic heterocycles. The predicted molar refractivity (Wildman–Crippen MR) is 74.0 cm³/mol. The maximum atomic E-state index is 10.8. The van der Waals surface area contributed by atoms with Gasteiger partial charge in [0.15, 0.2) is 11.5 Å². The Hall–Kier alpha value is -1.93. The summed E-state index contributed by atoms with van der Waals surface area (Å²) in [6, 6.07) is 5.58. The van der Waals surface area contributed by atoms with E-state index >= 15 is 0 Å². The summed E-state index contributed by atoms with van der Waals surface area (Å²) in [5.41, 5.74) is 6.77. The third kappa shape index (κ3) is 2.45. The summed E-state index contributed by atoms with van der Waals surface area (Å²) in [4.78, 5) is 10.8. The van der Waals surface area contributed by atoms with Crippen molar-refractivity contribution in [2.45, 2.75) is 5.03 Å². The zero-order valence-corrected chi connectivity index (χ0v) is 11.3. The zero-order chi connectivity index (χ0) is 13.2. The Bertz CT molecular complexity index is 722. The molecule has 6 nitrogen and oxygen atoms in total. The molecule has 96 valence electrons. The number of nitrogens with zero attached hydrogens (tertiary/aromatic N) is 4. The Labute approximate surface area is 116 Å². The summed E-state index contributed by atoms with van der Waals surface area (Å²) < 4.78 is 1.67. The molecular formula is C11H9N5OS2. The smallest absolute Gasteiger partial charge is 0.227 e. The van der Waals surface area contributed by atoms with Crippen LogP contribution in [0, 0.1) is 0 Å². The van der Waals surface area contributed by atoms with Crippen molar-refractivity contribution < 1.29 is 4.79 Å². The zero-order valence-electron chi connectivity index (χ0n) is 9.68. The number of nitrogens with two attached hydrogens (primary N) is 1. The molecule has 0 atom stereocenters. The third-order valence-corrected chi connectivity index (χ3v) is 4.01. The lowest BCUT2D eigenvalue weighted by molar-refractivity contribution is -0.115. The summed E-state index contributed by atoms with van der Waals surface area (Å²) in [5, 5.41) is 17.3. The number of hydrogen-bond donors (Lipinski definition) is 1. The second kappa shape index (κ2) is 4.98. The average Bonchev–Trinajstić information content (AvgIpc) is 3.04. The van der Waals surface area contributed by atoms with Crippen LogP contribution in [0.1, 0.15) is 0 Å². The fourth-order valence-electron chi connectivity index (χ4n) is 1.57. The minimum Gasteiger partial charge on any atom is -0.369 e. The molecule has 0 aliphatic heterocycles. The maximum absolute atomic E-state index is 10.8. The highest BCUT2D eigenvalue weighted by Crippen LogP contribution is 2.22. The number of carbonyl (C=O) groups excluding carboxylic acids is 1. The van der Waals surface area contributed by atoms with Gasteiger partial charge in [-0.05, 0) is 23.6 Å². The van der Waals surface area contributed by atoms with Gasteiger partial charge in [-0.3, -0.25) is 4.79 Å². The second-order valence-corrected chi connectivity index (χ2v) is 5.51. The molecular weight excluding hydrogens is 282 g/mol. The van der Waals surface area contributed by atoms with Gasteiger partial charge in [0.2, 0.25) is 5.91 Å². The lowest BCUT2D eigenvalue weighted by Gasteiger charge is -2.00. The van der Waals surface area contributed by atoms with E-state index in [0.29, 0.717) is 16.5 Å². The number of rotatable bonds is 4. The van der Waals surface area contributed by atoms with Gasteiger partial charge >= 0.3 is 0 Å².